The molecule has 1 saturated heterocycles. The Bertz CT molecular complexity index is 429. The SMILES string of the molecule is CCOC(=O)N1CCN(C(=O)CNCCC2=CCCCC2)CC1. The molecule has 1 aliphatic carbocycles. The lowest BCUT2D eigenvalue weighted by molar-refractivity contribution is -0.131. The zero-order valence-corrected chi connectivity index (χ0v) is 14.2. The van der Waals surface area contributed by atoms with E-state index in [0.717, 1.165) is 13.0 Å². The van der Waals surface area contributed by atoms with E-state index in [1.807, 2.05) is 4.90 Å². The number of nitrogens with zero attached hydrogens (tertiary/aromatic N) is 2. The Morgan fingerprint density at radius 3 is 2.57 bits per heavy atom. The van der Waals surface area contributed by atoms with Crippen molar-refractivity contribution in [1.29, 1.82) is 0 Å². The van der Waals surface area contributed by atoms with Crippen LogP contribution in [0.15, 0.2) is 11.6 Å². The zero-order valence-electron chi connectivity index (χ0n) is 14.2. The number of allylic oxidation sites excluding steroid dienone is 1. The van der Waals surface area contributed by atoms with Crippen molar-refractivity contribution >= 4 is 12.0 Å². The standard InChI is InChI=1S/C17H29N3O3/c1-2-23-17(22)20-12-10-19(11-13-20)16(21)14-18-9-8-15-6-4-3-5-7-15/h6,18H,2-5,7-14H2,1H3. The smallest absolute Gasteiger partial charge is 0.409 e. The summed E-state index contributed by atoms with van der Waals surface area (Å²) in [4.78, 5) is 27.3. The number of hydrogen-bond acceptors (Lipinski definition) is 4. The van der Waals surface area contributed by atoms with E-state index in [0.29, 0.717) is 39.3 Å². The molecule has 0 atom stereocenters. The minimum absolute atomic E-state index is 0.117. The van der Waals surface area contributed by atoms with Crippen molar-refractivity contribution in [2.75, 3.05) is 45.9 Å². The van der Waals surface area contributed by atoms with E-state index in [9.17, 15) is 9.59 Å². The van der Waals surface area contributed by atoms with Crippen LogP contribution in [0.1, 0.15) is 39.0 Å². The van der Waals surface area contributed by atoms with Gasteiger partial charge in [0.1, 0.15) is 0 Å². The number of carbonyl (C=O) groups excluding carboxylic acids is 2. The van der Waals surface area contributed by atoms with Crippen LogP contribution >= 0.6 is 0 Å². The summed E-state index contributed by atoms with van der Waals surface area (Å²) in [5.74, 6) is 0.117. The molecule has 1 aliphatic heterocycles. The minimum Gasteiger partial charge on any atom is -0.450 e. The van der Waals surface area contributed by atoms with Gasteiger partial charge in [0.15, 0.2) is 0 Å². The summed E-state index contributed by atoms with van der Waals surface area (Å²) in [7, 11) is 0. The van der Waals surface area contributed by atoms with Crippen LogP contribution in [0.5, 0.6) is 0 Å². The lowest BCUT2D eigenvalue weighted by Crippen LogP contribution is -2.52. The van der Waals surface area contributed by atoms with E-state index in [1.165, 1.54) is 31.3 Å². The fraction of sp³-hybridized carbons (Fsp3) is 0.765. The fourth-order valence-electron chi connectivity index (χ4n) is 3.04. The third kappa shape index (κ3) is 5.86. The van der Waals surface area contributed by atoms with Gasteiger partial charge in [0, 0.05) is 26.2 Å². The molecule has 1 fully saturated rings. The Kier molecular flexibility index (Phi) is 7.39. The van der Waals surface area contributed by atoms with Crippen LogP contribution in [0.2, 0.25) is 0 Å². The number of rotatable bonds is 6. The Hall–Kier alpha value is -1.56. The van der Waals surface area contributed by atoms with Gasteiger partial charge in [-0.15, -0.1) is 0 Å². The summed E-state index contributed by atoms with van der Waals surface area (Å²) in [6.45, 7) is 5.71. The Balaban J connectivity index is 1.59. The van der Waals surface area contributed by atoms with Crippen LogP contribution in [0.25, 0.3) is 0 Å². The van der Waals surface area contributed by atoms with Crippen molar-refractivity contribution < 1.29 is 14.3 Å². The van der Waals surface area contributed by atoms with E-state index in [1.54, 1.807) is 11.8 Å². The molecule has 0 aromatic heterocycles. The predicted molar refractivity (Wildman–Crippen MR) is 89.2 cm³/mol. The van der Waals surface area contributed by atoms with Crippen molar-refractivity contribution in [1.82, 2.24) is 15.1 Å². The maximum atomic E-state index is 12.2. The van der Waals surface area contributed by atoms with Crippen molar-refractivity contribution in [3.8, 4) is 0 Å². The third-order valence-corrected chi connectivity index (χ3v) is 4.44. The number of hydrogen-bond donors (Lipinski definition) is 1. The molecule has 0 aromatic carbocycles. The Morgan fingerprint density at radius 2 is 1.91 bits per heavy atom. The normalized spacial score (nSPS) is 18.6. The molecule has 6 heteroatoms. The number of nitrogens with one attached hydrogen (secondary N) is 1. The molecule has 0 radical (unpaired) electrons. The molecular weight excluding hydrogens is 294 g/mol. The van der Waals surface area contributed by atoms with E-state index >= 15 is 0 Å². The van der Waals surface area contributed by atoms with Crippen LogP contribution in [-0.2, 0) is 9.53 Å². The Morgan fingerprint density at radius 1 is 1.17 bits per heavy atom. The molecule has 6 nitrogen and oxygen atoms in total. The molecule has 0 unspecified atom stereocenters. The number of piperazine rings is 1. The van der Waals surface area contributed by atoms with E-state index < -0.39 is 0 Å². The molecular formula is C17H29N3O3. The summed E-state index contributed by atoms with van der Waals surface area (Å²) in [5.41, 5.74) is 1.53. The number of carbonyl (C=O) groups is 2. The Labute approximate surface area is 138 Å². The van der Waals surface area contributed by atoms with Gasteiger partial charge < -0.3 is 19.9 Å². The van der Waals surface area contributed by atoms with Crippen molar-refractivity contribution in [2.24, 2.45) is 0 Å². The lowest BCUT2D eigenvalue weighted by atomic mass is 9.97. The first kappa shape index (κ1) is 17.8. The quantitative estimate of drug-likeness (QED) is 0.598. The second-order valence-corrected chi connectivity index (χ2v) is 6.10. The van der Waals surface area contributed by atoms with E-state index in [-0.39, 0.29) is 12.0 Å². The van der Waals surface area contributed by atoms with Crippen LogP contribution in [0.4, 0.5) is 4.79 Å². The summed E-state index contributed by atoms with van der Waals surface area (Å²) in [6.07, 6.45) is 8.15. The zero-order chi connectivity index (χ0) is 16.5. The summed E-state index contributed by atoms with van der Waals surface area (Å²) >= 11 is 0. The highest BCUT2D eigenvalue weighted by Gasteiger charge is 2.24. The predicted octanol–water partition coefficient (Wildman–Crippen LogP) is 1.77. The monoisotopic (exact) mass is 323 g/mol. The molecule has 0 spiro atoms. The fourth-order valence-corrected chi connectivity index (χ4v) is 3.04. The second-order valence-electron chi connectivity index (χ2n) is 6.10. The molecule has 2 aliphatic rings. The van der Waals surface area contributed by atoms with Crippen molar-refractivity contribution in [3.63, 3.8) is 0 Å². The maximum absolute atomic E-state index is 12.2. The first-order valence-electron chi connectivity index (χ1n) is 8.78. The average Bonchev–Trinajstić information content (AvgIpc) is 2.60. The third-order valence-electron chi connectivity index (χ3n) is 4.44. The van der Waals surface area contributed by atoms with Crippen molar-refractivity contribution in [2.45, 2.75) is 39.0 Å². The molecule has 2 amide bonds. The largest absolute Gasteiger partial charge is 0.450 e. The molecule has 0 bridgehead atoms. The van der Waals surface area contributed by atoms with Gasteiger partial charge in [0.25, 0.3) is 0 Å². The molecule has 1 heterocycles. The molecule has 1 N–H and O–H groups in total. The average molecular weight is 323 g/mol. The first-order valence-corrected chi connectivity index (χ1v) is 8.78. The first-order chi connectivity index (χ1) is 11.2. The van der Waals surface area contributed by atoms with Gasteiger partial charge in [0.05, 0.1) is 13.2 Å². The number of ether oxygens (including phenoxy) is 1. The second kappa shape index (κ2) is 9.55. The maximum Gasteiger partial charge on any atom is 0.409 e. The number of amides is 2. The highest BCUT2D eigenvalue weighted by Crippen LogP contribution is 2.19. The summed E-state index contributed by atoms with van der Waals surface area (Å²) < 4.78 is 4.98. The highest BCUT2D eigenvalue weighted by atomic mass is 16.6. The topological polar surface area (TPSA) is 61.9 Å². The van der Waals surface area contributed by atoms with Gasteiger partial charge in [-0.05, 0) is 45.6 Å². The minimum atomic E-state index is -0.279. The highest BCUT2D eigenvalue weighted by molar-refractivity contribution is 5.78. The van der Waals surface area contributed by atoms with Crippen LogP contribution in [0, 0.1) is 0 Å². The van der Waals surface area contributed by atoms with Gasteiger partial charge in [-0.25, -0.2) is 4.79 Å². The lowest BCUT2D eigenvalue weighted by Gasteiger charge is -2.34. The van der Waals surface area contributed by atoms with Gasteiger partial charge >= 0.3 is 6.09 Å². The van der Waals surface area contributed by atoms with Gasteiger partial charge in [-0.1, -0.05) is 11.6 Å². The van der Waals surface area contributed by atoms with Crippen LogP contribution in [0.3, 0.4) is 0 Å². The molecule has 0 aromatic rings. The molecule has 2 rings (SSSR count). The van der Waals surface area contributed by atoms with Crippen LogP contribution in [-0.4, -0.2) is 67.7 Å². The summed E-state index contributed by atoms with van der Waals surface area (Å²) in [6, 6.07) is 0. The van der Waals surface area contributed by atoms with Crippen LogP contribution < -0.4 is 5.32 Å². The summed E-state index contributed by atoms with van der Waals surface area (Å²) in [5, 5.41) is 3.25. The van der Waals surface area contributed by atoms with Gasteiger partial charge in [-0.2, -0.15) is 0 Å². The van der Waals surface area contributed by atoms with E-state index in [2.05, 4.69) is 11.4 Å². The van der Waals surface area contributed by atoms with Gasteiger partial charge in [0.2, 0.25) is 5.91 Å². The molecule has 130 valence electrons. The van der Waals surface area contributed by atoms with E-state index in [4.69, 9.17) is 4.74 Å². The molecule has 23 heavy (non-hydrogen) atoms. The molecule has 0 saturated carbocycles. The van der Waals surface area contributed by atoms with Gasteiger partial charge in [-0.3, -0.25) is 4.79 Å². The van der Waals surface area contributed by atoms with Crippen molar-refractivity contribution in [3.05, 3.63) is 11.6 Å².